The molecule has 0 aliphatic heterocycles. The van der Waals surface area contributed by atoms with Crippen molar-refractivity contribution >= 4 is 0 Å². The van der Waals surface area contributed by atoms with Crippen LogP contribution in [0.3, 0.4) is 0 Å². The molecule has 0 radical (unpaired) electrons. The van der Waals surface area contributed by atoms with Crippen molar-refractivity contribution in [3.63, 3.8) is 0 Å². The van der Waals surface area contributed by atoms with Gasteiger partial charge in [0.05, 0.1) is 6.61 Å². The van der Waals surface area contributed by atoms with Gasteiger partial charge in [-0.25, -0.2) is 0 Å². The predicted molar refractivity (Wildman–Crippen MR) is 71.4 cm³/mol. The van der Waals surface area contributed by atoms with E-state index in [4.69, 9.17) is 9.84 Å². The fraction of sp³-hybridized carbons (Fsp3) is 0.600. The van der Waals surface area contributed by atoms with Gasteiger partial charge in [-0.3, -0.25) is 0 Å². The average Bonchev–Trinajstić information content (AvgIpc) is 2.37. The third kappa shape index (κ3) is 4.78. The second kappa shape index (κ2) is 7.33. The van der Waals surface area contributed by atoms with Crippen molar-refractivity contribution in [2.45, 2.75) is 46.1 Å². The summed E-state index contributed by atoms with van der Waals surface area (Å²) in [6.07, 6.45) is 3.31. The van der Waals surface area contributed by atoms with Gasteiger partial charge in [-0.2, -0.15) is 0 Å². The summed E-state index contributed by atoms with van der Waals surface area (Å²) < 4.78 is 5.71. The largest absolute Gasteiger partial charge is 0.488 e. The maximum atomic E-state index is 9.02. The molecule has 0 saturated carbocycles. The summed E-state index contributed by atoms with van der Waals surface area (Å²) in [5.74, 6) is 1.66. The molecule has 0 saturated heterocycles. The number of hydrogen-bond donors (Lipinski definition) is 1. The topological polar surface area (TPSA) is 29.5 Å². The van der Waals surface area contributed by atoms with E-state index in [1.54, 1.807) is 0 Å². The van der Waals surface area contributed by atoms with Crippen molar-refractivity contribution in [1.82, 2.24) is 0 Å². The van der Waals surface area contributed by atoms with Gasteiger partial charge in [0.2, 0.25) is 0 Å². The van der Waals surface area contributed by atoms with Crippen molar-refractivity contribution < 1.29 is 9.84 Å². The molecule has 0 bridgehead atoms. The number of ether oxygens (including phenoxy) is 1. The molecule has 0 fully saturated rings. The van der Waals surface area contributed by atoms with Crippen LogP contribution in [-0.4, -0.2) is 17.8 Å². The molecule has 2 atom stereocenters. The van der Waals surface area contributed by atoms with Crippen molar-refractivity contribution in [2.24, 2.45) is 5.92 Å². The summed E-state index contributed by atoms with van der Waals surface area (Å²) >= 11 is 0. The molecule has 0 aromatic heterocycles. The lowest BCUT2D eigenvalue weighted by Gasteiger charge is -2.16. The van der Waals surface area contributed by atoms with Crippen molar-refractivity contribution in [1.29, 1.82) is 0 Å². The van der Waals surface area contributed by atoms with Crippen LogP contribution < -0.4 is 4.74 Å². The van der Waals surface area contributed by atoms with E-state index < -0.39 is 0 Å². The molecule has 17 heavy (non-hydrogen) atoms. The Morgan fingerprint density at radius 2 is 1.94 bits per heavy atom. The van der Waals surface area contributed by atoms with Gasteiger partial charge in [-0.05, 0) is 37.3 Å². The molecule has 2 unspecified atom stereocenters. The molecule has 1 aromatic rings. The number of hydrogen-bond acceptors (Lipinski definition) is 2. The van der Waals surface area contributed by atoms with Gasteiger partial charge in [0.1, 0.15) is 11.9 Å². The van der Waals surface area contributed by atoms with Gasteiger partial charge in [0.15, 0.2) is 0 Å². The van der Waals surface area contributed by atoms with Crippen LogP contribution in [-0.2, 0) is 6.42 Å². The highest BCUT2D eigenvalue weighted by molar-refractivity contribution is 5.33. The van der Waals surface area contributed by atoms with E-state index in [-0.39, 0.29) is 12.7 Å². The molecule has 0 spiro atoms. The Labute approximate surface area is 105 Å². The van der Waals surface area contributed by atoms with Crippen LogP contribution in [0, 0.1) is 5.92 Å². The lowest BCUT2D eigenvalue weighted by Crippen LogP contribution is -2.17. The second-order valence-corrected chi connectivity index (χ2v) is 4.77. The van der Waals surface area contributed by atoms with Crippen LogP contribution in [0.15, 0.2) is 24.3 Å². The van der Waals surface area contributed by atoms with E-state index in [9.17, 15) is 0 Å². The minimum absolute atomic E-state index is 0.0553. The highest BCUT2D eigenvalue weighted by Gasteiger charge is 2.08. The Hall–Kier alpha value is -1.02. The van der Waals surface area contributed by atoms with E-state index in [1.807, 2.05) is 25.1 Å². The third-order valence-electron chi connectivity index (χ3n) is 3.16. The predicted octanol–water partition coefficient (Wildman–Crippen LogP) is 3.42. The first-order valence-corrected chi connectivity index (χ1v) is 6.52. The average molecular weight is 236 g/mol. The summed E-state index contributed by atoms with van der Waals surface area (Å²) in [4.78, 5) is 0. The van der Waals surface area contributed by atoms with Crippen molar-refractivity contribution in [2.75, 3.05) is 6.61 Å². The Bertz CT molecular complexity index is 322. The van der Waals surface area contributed by atoms with Gasteiger partial charge < -0.3 is 9.84 Å². The fourth-order valence-corrected chi connectivity index (χ4v) is 1.69. The van der Waals surface area contributed by atoms with E-state index >= 15 is 0 Å². The minimum Gasteiger partial charge on any atom is -0.488 e. The molecular formula is C15H24O2. The van der Waals surface area contributed by atoms with E-state index in [2.05, 4.69) is 19.9 Å². The summed E-state index contributed by atoms with van der Waals surface area (Å²) in [5.41, 5.74) is 1.24. The molecule has 0 aliphatic carbocycles. The maximum absolute atomic E-state index is 9.02. The van der Waals surface area contributed by atoms with Crippen molar-refractivity contribution in [3.8, 4) is 5.75 Å². The van der Waals surface area contributed by atoms with Gasteiger partial charge in [-0.15, -0.1) is 0 Å². The van der Waals surface area contributed by atoms with E-state index in [1.165, 1.54) is 18.4 Å². The lowest BCUT2D eigenvalue weighted by atomic mass is 9.98. The molecule has 2 heteroatoms. The zero-order chi connectivity index (χ0) is 12.7. The normalized spacial score (nSPS) is 14.4. The fourth-order valence-electron chi connectivity index (χ4n) is 1.69. The van der Waals surface area contributed by atoms with Crippen LogP contribution in [0.25, 0.3) is 0 Å². The quantitative estimate of drug-likeness (QED) is 0.786. The number of benzene rings is 1. The molecule has 1 N–H and O–H groups in total. The molecule has 1 aromatic carbocycles. The lowest BCUT2D eigenvalue weighted by molar-refractivity contribution is 0.128. The van der Waals surface area contributed by atoms with Gasteiger partial charge >= 0.3 is 0 Å². The van der Waals surface area contributed by atoms with Crippen LogP contribution in [0.2, 0.25) is 0 Å². The zero-order valence-corrected chi connectivity index (χ0v) is 11.1. The monoisotopic (exact) mass is 236 g/mol. The summed E-state index contributed by atoms with van der Waals surface area (Å²) in [7, 11) is 0. The highest BCUT2D eigenvalue weighted by Crippen LogP contribution is 2.22. The van der Waals surface area contributed by atoms with Crippen LogP contribution in [0.1, 0.15) is 39.2 Å². The molecule has 0 amide bonds. The van der Waals surface area contributed by atoms with E-state index in [0.29, 0.717) is 0 Å². The Morgan fingerprint density at radius 3 is 2.59 bits per heavy atom. The number of rotatable bonds is 7. The Balaban J connectivity index is 2.64. The van der Waals surface area contributed by atoms with Crippen LogP contribution >= 0.6 is 0 Å². The highest BCUT2D eigenvalue weighted by atomic mass is 16.5. The Morgan fingerprint density at radius 1 is 1.24 bits per heavy atom. The Kier molecular flexibility index (Phi) is 6.06. The number of aryl methyl sites for hydroxylation is 1. The zero-order valence-electron chi connectivity index (χ0n) is 11.1. The molecule has 2 nitrogen and oxygen atoms in total. The smallest absolute Gasteiger partial charge is 0.123 e. The van der Waals surface area contributed by atoms with Crippen molar-refractivity contribution in [3.05, 3.63) is 29.8 Å². The maximum Gasteiger partial charge on any atom is 0.123 e. The molecule has 0 heterocycles. The van der Waals surface area contributed by atoms with Crippen LogP contribution in [0.4, 0.5) is 0 Å². The minimum atomic E-state index is -0.139. The van der Waals surface area contributed by atoms with E-state index in [0.717, 1.165) is 18.1 Å². The third-order valence-corrected chi connectivity index (χ3v) is 3.16. The van der Waals surface area contributed by atoms with Gasteiger partial charge in [0.25, 0.3) is 0 Å². The molecule has 96 valence electrons. The summed E-state index contributed by atoms with van der Waals surface area (Å²) in [6, 6.07) is 8.12. The first-order valence-electron chi connectivity index (χ1n) is 6.52. The first kappa shape index (κ1) is 14.0. The van der Waals surface area contributed by atoms with Crippen LogP contribution in [0.5, 0.6) is 5.75 Å². The second-order valence-electron chi connectivity index (χ2n) is 4.77. The van der Waals surface area contributed by atoms with Gasteiger partial charge in [0, 0.05) is 0 Å². The standard InChI is InChI=1S/C15H24O2/c1-4-12(2)9-10-14-7-5-6-8-15(14)17-13(3)11-16/h5-8,12-13,16H,4,9-11H2,1-3H3. The SMILES string of the molecule is CCC(C)CCc1ccccc1OC(C)CO. The molecule has 0 aliphatic rings. The number of aliphatic hydroxyl groups excluding tert-OH is 1. The summed E-state index contributed by atoms with van der Waals surface area (Å²) in [6.45, 7) is 6.44. The van der Waals surface area contributed by atoms with Gasteiger partial charge in [-0.1, -0.05) is 38.5 Å². The first-order chi connectivity index (χ1) is 8.17. The number of para-hydroxylation sites is 1. The molecular weight excluding hydrogens is 212 g/mol. The number of aliphatic hydroxyl groups is 1. The summed E-state index contributed by atoms with van der Waals surface area (Å²) in [5, 5.41) is 9.02. The molecule has 1 rings (SSSR count).